The van der Waals surface area contributed by atoms with E-state index in [-0.39, 0.29) is 36.7 Å². The molecular weight excluding hydrogens is 616 g/mol. The van der Waals surface area contributed by atoms with Gasteiger partial charge in [0, 0.05) is 12.8 Å². The third kappa shape index (κ3) is 18.5. The molecule has 0 aromatic carbocycles. The van der Waals surface area contributed by atoms with E-state index in [0.717, 1.165) is 37.5 Å². The van der Waals surface area contributed by atoms with E-state index in [1.54, 1.807) is 0 Å². The maximum Gasteiger partial charge on any atom is 0.308 e. The Bertz CT molecular complexity index is 740. The van der Waals surface area contributed by atoms with Crippen LogP contribution in [0.3, 0.4) is 0 Å². The number of esters is 4. The molecule has 0 bridgehead atoms. The van der Waals surface area contributed by atoms with Crippen molar-refractivity contribution in [3.05, 3.63) is 0 Å². The van der Waals surface area contributed by atoms with Crippen LogP contribution in [-0.2, 0) is 38.1 Å². The van der Waals surface area contributed by atoms with Gasteiger partial charge in [0.15, 0.2) is 0 Å². The molecule has 0 radical (unpaired) electrons. The molecule has 4 saturated carbocycles. The predicted molar refractivity (Wildman–Crippen MR) is 185 cm³/mol. The normalized spacial score (nSPS) is 20.8. The van der Waals surface area contributed by atoms with E-state index < -0.39 is 12.2 Å². The van der Waals surface area contributed by atoms with Gasteiger partial charge in [0.25, 0.3) is 0 Å². The molecule has 10 nitrogen and oxygen atoms in total. The van der Waals surface area contributed by atoms with Crippen molar-refractivity contribution in [2.24, 2.45) is 35.5 Å². The second-order valence-corrected chi connectivity index (χ2v) is 14.4. The maximum absolute atomic E-state index is 11.0. The summed E-state index contributed by atoms with van der Waals surface area (Å²) in [5.74, 6) is 2.47. The van der Waals surface area contributed by atoms with E-state index in [1.807, 2.05) is 0 Å². The second-order valence-electron chi connectivity index (χ2n) is 14.4. The van der Waals surface area contributed by atoms with Gasteiger partial charge < -0.3 is 29.2 Å². The van der Waals surface area contributed by atoms with Gasteiger partial charge in [-0.05, 0) is 61.2 Å². The van der Waals surface area contributed by atoms with Crippen LogP contribution in [0.5, 0.6) is 0 Å². The van der Waals surface area contributed by atoms with Crippen LogP contribution in [0.1, 0.15) is 142 Å². The molecule has 10 heteroatoms. The van der Waals surface area contributed by atoms with Crippen molar-refractivity contribution in [1.29, 1.82) is 0 Å². The van der Waals surface area contributed by atoms with Crippen LogP contribution in [0.2, 0.25) is 0 Å². The molecule has 0 spiro atoms. The number of aliphatic hydroxyl groups is 2. The summed E-state index contributed by atoms with van der Waals surface area (Å²) in [4.78, 5) is 43.5. The van der Waals surface area contributed by atoms with E-state index in [1.165, 1.54) is 105 Å². The molecule has 280 valence electrons. The lowest BCUT2D eigenvalue weighted by Gasteiger charge is -2.16. The first-order valence-electron chi connectivity index (χ1n) is 18.6. The first-order valence-corrected chi connectivity index (χ1v) is 18.6. The summed E-state index contributed by atoms with van der Waals surface area (Å²) in [6, 6.07) is 0. The fourth-order valence-corrected chi connectivity index (χ4v) is 7.60. The summed E-state index contributed by atoms with van der Waals surface area (Å²) in [6.07, 6.45) is 20.1. The van der Waals surface area contributed by atoms with E-state index in [9.17, 15) is 29.4 Å². The van der Waals surface area contributed by atoms with Crippen LogP contribution in [0.15, 0.2) is 0 Å². The van der Waals surface area contributed by atoms with E-state index in [0.29, 0.717) is 36.5 Å². The van der Waals surface area contributed by atoms with Gasteiger partial charge in [-0.3, -0.25) is 19.2 Å². The van der Waals surface area contributed by atoms with Crippen molar-refractivity contribution in [3.8, 4) is 0 Å². The molecule has 0 aromatic heterocycles. The van der Waals surface area contributed by atoms with Gasteiger partial charge in [0.2, 0.25) is 0 Å². The summed E-state index contributed by atoms with van der Waals surface area (Å²) in [5, 5.41) is 19.1. The van der Waals surface area contributed by atoms with Gasteiger partial charge in [-0.2, -0.15) is 0 Å². The first kappa shape index (κ1) is 43.8. The number of aliphatic hydroxyl groups excluding tert-OH is 2. The van der Waals surface area contributed by atoms with Gasteiger partial charge >= 0.3 is 23.9 Å². The Morgan fingerprint density at radius 1 is 0.438 bits per heavy atom. The predicted octanol–water partition coefficient (Wildman–Crippen LogP) is 6.95. The smallest absolute Gasteiger partial charge is 0.308 e. The molecule has 4 unspecified atom stereocenters. The number of carbonyl (C=O) groups is 4. The Kier molecular flexibility index (Phi) is 23.5. The molecule has 0 amide bonds. The standard InChI is InChI=1S/2C10H18O2.2C9H16O3/c2*1-8(7-10(11)12-2)9-5-3-4-6-9;2*1-12-9(11)6-8(10)7-4-2-3-5-7/h2*8-9H,3-7H2,1-2H3;2*7-8,10H,2-6H2,1H3. The summed E-state index contributed by atoms with van der Waals surface area (Å²) in [5.41, 5.74) is 0. The van der Waals surface area contributed by atoms with Crippen LogP contribution >= 0.6 is 0 Å². The van der Waals surface area contributed by atoms with Gasteiger partial charge in [-0.1, -0.05) is 90.9 Å². The lowest BCUT2D eigenvalue weighted by atomic mass is 9.90. The Morgan fingerprint density at radius 2 is 0.646 bits per heavy atom. The minimum atomic E-state index is -0.486. The summed E-state index contributed by atoms with van der Waals surface area (Å²) in [6.45, 7) is 4.32. The molecule has 4 aliphatic carbocycles. The summed E-state index contributed by atoms with van der Waals surface area (Å²) < 4.78 is 18.2. The Morgan fingerprint density at radius 3 is 0.875 bits per heavy atom. The minimum Gasteiger partial charge on any atom is -0.469 e. The van der Waals surface area contributed by atoms with Crippen LogP contribution < -0.4 is 0 Å². The molecule has 0 aromatic rings. The fraction of sp³-hybridized carbons (Fsp3) is 0.895. The van der Waals surface area contributed by atoms with Gasteiger partial charge in [-0.15, -0.1) is 0 Å². The number of hydrogen-bond acceptors (Lipinski definition) is 10. The first-order chi connectivity index (χ1) is 22.9. The van der Waals surface area contributed by atoms with Crippen LogP contribution in [0.4, 0.5) is 0 Å². The monoisotopic (exact) mass is 684 g/mol. The molecule has 0 saturated heterocycles. The number of methoxy groups -OCH3 is 4. The summed E-state index contributed by atoms with van der Waals surface area (Å²) in [7, 11) is 5.63. The molecule has 4 atom stereocenters. The molecule has 2 N–H and O–H groups in total. The van der Waals surface area contributed by atoms with Crippen molar-refractivity contribution in [2.45, 2.75) is 154 Å². The highest BCUT2D eigenvalue weighted by Gasteiger charge is 2.27. The van der Waals surface area contributed by atoms with Crippen molar-refractivity contribution in [2.75, 3.05) is 28.4 Å². The average Bonchev–Trinajstić information content (AvgIpc) is 3.93. The molecule has 0 aliphatic heterocycles. The SMILES string of the molecule is COC(=O)CC(C)C1CCCC1.COC(=O)CC(C)C1CCCC1.COC(=O)CC(O)C1CCCC1.COC(=O)CC(O)C1CCCC1. The lowest BCUT2D eigenvalue weighted by molar-refractivity contribution is -0.144. The van der Waals surface area contributed by atoms with Crippen molar-refractivity contribution < 1.29 is 48.3 Å². The average molecular weight is 685 g/mol. The lowest BCUT2D eigenvalue weighted by Crippen LogP contribution is -2.22. The van der Waals surface area contributed by atoms with Gasteiger partial charge in [0.1, 0.15) is 0 Å². The van der Waals surface area contributed by atoms with Crippen LogP contribution in [0.25, 0.3) is 0 Å². The molecule has 4 fully saturated rings. The third-order valence-electron chi connectivity index (χ3n) is 10.9. The third-order valence-corrected chi connectivity index (χ3v) is 10.9. The zero-order valence-corrected chi connectivity index (χ0v) is 30.9. The molecule has 4 aliphatic rings. The van der Waals surface area contributed by atoms with Gasteiger partial charge in [-0.25, -0.2) is 0 Å². The largest absolute Gasteiger partial charge is 0.469 e. The summed E-state index contributed by atoms with van der Waals surface area (Å²) >= 11 is 0. The molecule has 0 heterocycles. The van der Waals surface area contributed by atoms with Crippen LogP contribution in [0, 0.1) is 35.5 Å². The van der Waals surface area contributed by atoms with E-state index in [4.69, 9.17) is 0 Å². The van der Waals surface area contributed by atoms with Gasteiger partial charge in [0.05, 0.1) is 53.5 Å². The number of hydrogen-bond donors (Lipinski definition) is 2. The maximum atomic E-state index is 11.0. The highest BCUT2D eigenvalue weighted by Crippen LogP contribution is 2.34. The van der Waals surface area contributed by atoms with E-state index >= 15 is 0 Å². The Balaban J connectivity index is 0.000000320. The number of rotatable bonds is 12. The highest BCUT2D eigenvalue weighted by atomic mass is 16.5. The Labute approximate surface area is 290 Å². The van der Waals surface area contributed by atoms with E-state index in [2.05, 4.69) is 32.8 Å². The van der Waals surface area contributed by atoms with Crippen molar-refractivity contribution in [3.63, 3.8) is 0 Å². The zero-order chi connectivity index (χ0) is 35.9. The topological polar surface area (TPSA) is 146 Å². The molecular formula is C38H68O10. The second kappa shape index (κ2) is 25.7. The van der Waals surface area contributed by atoms with Crippen molar-refractivity contribution >= 4 is 23.9 Å². The highest BCUT2D eigenvalue weighted by molar-refractivity contribution is 5.70. The minimum absolute atomic E-state index is 0.0607. The molecule has 4 rings (SSSR count). The quantitative estimate of drug-likeness (QED) is 0.164. The Hall–Kier alpha value is -2.20. The number of carbonyl (C=O) groups excluding carboxylic acids is 4. The molecule has 48 heavy (non-hydrogen) atoms. The number of ether oxygens (including phenoxy) is 4. The van der Waals surface area contributed by atoms with Crippen molar-refractivity contribution in [1.82, 2.24) is 0 Å². The fourth-order valence-electron chi connectivity index (χ4n) is 7.60. The zero-order valence-electron chi connectivity index (χ0n) is 30.9. The van der Waals surface area contributed by atoms with Crippen LogP contribution in [-0.4, -0.2) is 74.7 Å².